The molecule has 0 unspecified atom stereocenters. The van der Waals surface area contributed by atoms with Crippen molar-refractivity contribution in [2.75, 3.05) is 0 Å². The zero-order valence-corrected chi connectivity index (χ0v) is 9.31. The average Bonchev–Trinajstić information content (AvgIpc) is 2.32. The summed E-state index contributed by atoms with van der Waals surface area (Å²) in [5.74, 6) is 0. The average molecular weight is 253 g/mol. The molecular weight excluding hydrogens is 244 g/mol. The molecule has 1 heterocycles. The van der Waals surface area contributed by atoms with Gasteiger partial charge >= 0.3 is 6.98 Å². The van der Waals surface area contributed by atoms with Crippen LogP contribution in [0, 0.1) is 0 Å². The summed E-state index contributed by atoms with van der Waals surface area (Å²) in [7, 11) is 0. The van der Waals surface area contributed by atoms with Gasteiger partial charge in [-0.1, -0.05) is 12.1 Å². The number of rotatable bonds is 3. The number of benzene rings is 1. The van der Waals surface area contributed by atoms with Crippen LogP contribution in [0.3, 0.4) is 0 Å². The molecule has 7 heteroatoms. The van der Waals surface area contributed by atoms with E-state index in [1.54, 1.807) is 18.2 Å². The van der Waals surface area contributed by atoms with E-state index in [-0.39, 0.29) is 0 Å². The van der Waals surface area contributed by atoms with Crippen molar-refractivity contribution in [1.82, 2.24) is 9.55 Å². The van der Waals surface area contributed by atoms with Crippen LogP contribution < -0.4 is 5.56 Å². The van der Waals surface area contributed by atoms with Crippen molar-refractivity contribution in [2.45, 2.75) is 6.54 Å². The van der Waals surface area contributed by atoms with Crippen LogP contribution in [0.5, 0.6) is 0 Å². The topological polar surface area (TPSA) is 34.9 Å². The van der Waals surface area contributed by atoms with Gasteiger partial charge in [0.15, 0.2) is 0 Å². The Morgan fingerprint density at radius 1 is 1.33 bits per heavy atom. The van der Waals surface area contributed by atoms with Crippen LogP contribution in [0.4, 0.5) is 12.9 Å². The fourth-order valence-corrected chi connectivity index (χ4v) is 1.54. The predicted octanol–water partition coefficient (Wildman–Crippen LogP) is 2.34. The van der Waals surface area contributed by atoms with Gasteiger partial charge in [-0.2, -0.15) is 0 Å². The van der Waals surface area contributed by atoms with Crippen LogP contribution in [0.25, 0.3) is 10.9 Å². The third-order valence-electron chi connectivity index (χ3n) is 2.57. The Labute approximate surface area is 101 Å². The highest BCUT2D eigenvalue weighted by molar-refractivity contribution is 6.66. The molecule has 0 radical (unpaired) electrons. The molecule has 18 heavy (non-hydrogen) atoms. The lowest BCUT2D eigenvalue weighted by Crippen LogP contribution is -2.28. The second kappa shape index (κ2) is 4.32. The molecule has 2 aromatic rings. The van der Waals surface area contributed by atoms with Crippen molar-refractivity contribution < 1.29 is 12.9 Å². The highest BCUT2D eigenvalue weighted by Gasteiger charge is 2.26. The largest absolute Gasteiger partial charge is 0.506 e. The number of fused-ring (bicyclic) bond motifs is 1. The van der Waals surface area contributed by atoms with Crippen LogP contribution >= 0.6 is 0 Å². The molecular formula is C11H9BF3N2O-. The summed E-state index contributed by atoms with van der Waals surface area (Å²) in [5, 5.41) is 0.294. The van der Waals surface area contributed by atoms with Crippen LogP contribution in [0.1, 0.15) is 0 Å². The normalized spacial score (nSPS) is 11.7. The van der Waals surface area contributed by atoms with Gasteiger partial charge < -0.3 is 12.9 Å². The molecule has 94 valence electrons. The molecule has 0 atom stereocenters. The van der Waals surface area contributed by atoms with Crippen LogP contribution in [0.15, 0.2) is 47.4 Å². The van der Waals surface area contributed by atoms with Gasteiger partial charge in [-0.05, 0) is 12.1 Å². The van der Waals surface area contributed by atoms with Crippen molar-refractivity contribution in [2.24, 2.45) is 0 Å². The summed E-state index contributed by atoms with van der Waals surface area (Å²) in [6, 6.07) is 6.50. The summed E-state index contributed by atoms with van der Waals surface area (Å²) >= 11 is 0. The number of hydrogen-bond acceptors (Lipinski definition) is 2. The fourth-order valence-electron chi connectivity index (χ4n) is 1.54. The lowest BCUT2D eigenvalue weighted by molar-refractivity contribution is 0.481. The van der Waals surface area contributed by atoms with Gasteiger partial charge in [0, 0.05) is 6.54 Å². The summed E-state index contributed by atoms with van der Waals surface area (Å²) < 4.78 is 38.1. The first-order valence-electron chi connectivity index (χ1n) is 5.21. The molecule has 0 aliphatic carbocycles. The molecule has 0 saturated heterocycles. The first kappa shape index (κ1) is 12.4. The van der Waals surface area contributed by atoms with E-state index in [4.69, 9.17) is 0 Å². The number of allylic oxidation sites excluding steroid dienone is 1. The number of hydrogen-bond donors (Lipinski definition) is 0. The predicted molar refractivity (Wildman–Crippen MR) is 64.2 cm³/mol. The maximum atomic E-state index is 12.4. The van der Waals surface area contributed by atoms with Crippen molar-refractivity contribution in [3.05, 3.63) is 53.0 Å². The van der Waals surface area contributed by atoms with Crippen LogP contribution in [-0.4, -0.2) is 16.5 Å². The molecule has 0 aliphatic rings. The molecule has 3 nitrogen and oxygen atoms in total. The minimum Gasteiger partial charge on any atom is -0.445 e. The van der Waals surface area contributed by atoms with E-state index in [1.165, 1.54) is 6.07 Å². The van der Waals surface area contributed by atoms with Gasteiger partial charge in [0.2, 0.25) is 0 Å². The maximum Gasteiger partial charge on any atom is 0.506 e. The molecule has 1 aromatic heterocycles. The SMILES string of the molecule is C=C(Cn1cnc2ccccc2c1=O)[B-](F)(F)F. The molecule has 0 spiro atoms. The molecule has 2 rings (SSSR count). The lowest BCUT2D eigenvalue weighted by atomic mass is 9.80. The van der Waals surface area contributed by atoms with Crippen molar-refractivity contribution in [3.63, 3.8) is 0 Å². The van der Waals surface area contributed by atoms with Gasteiger partial charge in [-0.3, -0.25) is 9.36 Å². The number of halogens is 3. The fraction of sp³-hybridized carbons (Fsp3) is 0.0909. The molecule has 0 N–H and O–H groups in total. The summed E-state index contributed by atoms with van der Waals surface area (Å²) in [6.45, 7) is -2.77. The van der Waals surface area contributed by atoms with E-state index in [9.17, 15) is 17.7 Å². The molecule has 1 aromatic carbocycles. The van der Waals surface area contributed by atoms with Crippen molar-refractivity contribution in [3.8, 4) is 0 Å². The van der Waals surface area contributed by atoms with E-state index in [2.05, 4.69) is 11.6 Å². The Hall–Kier alpha value is -2.05. The summed E-state index contributed by atoms with van der Waals surface area (Å²) in [4.78, 5) is 15.9. The zero-order valence-electron chi connectivity index (χ0n) is 9.31. The third kappa shape index (κ3) is 2.29. The molecule has 0 saturated carbocycles. The Kier molecular flexibility index (Phi) is 2.98. The van der Waals surface area contributed by atoms with Crippen LogP contribution in [-0.2, 0) is 6.54 Å². The number of para-hydroxylation sites is 1. The Bertz CT molecular complexity index is 663. The van der Waals surface area contributed by atoms with Crippen molar-refractivity contribution in [1.29, 1.82) is 0 Å². The second-order valence-electron chi connectivity index (χ2n) is 3.93. The lowest BCUT2D eigenvalue weighted by Gasteiger charge is -2.18. The smallest absolute Gasteiger partial charge is 0.445 e. The number of nitrogens with zero attached hydrogens (tertiary/aromatic N) is 2. The molecule has 0 amide bonds. The maximum absolute atomic E-state index is 12.4. The van der Waals surface area contributed by atoms with Gasteiger partial charge in [-0.15, -0.1) is 12.1 Å². The first-order valence-corrected chi connectivity index (χ1v) is 5.21. The van der Waals surface area contributed by atoms with E-state index in [1.807, 2.05) is 0 Å². The molecule has 0 bridgehead atoms. The second-order valence-corrected chi connectivity index (χ2v) is 3.93. The highest BCUT2D eigenvalue weighted by Crippen LogP contribution is 2.19. The molecule has 0 fully saturated rings. The zero-order chi connectivity index (χ0) is 13.3. The first-order chi connectivity index (χ1) is 8.39. The van der Waals surface area contributed by atoms with Gasteiger partial charge in [0.1, 0.15) is 0 Å². The summed E-state index contributed by atoms with van der Waals surface area (Å²) in [5.41, 5.74) is -0.960. The van der Waals surface area contributed by atoms with E-state index in [0.29, 0.717) is 10.9 Å². The quantitative estimate of drug-likeness (QED) is 0.787. The van der Waals surface area contributed by atoms with Gasteiger partial charge in [0.05, 0.1) is 17.2 Å². The van der Waals surface area contributed by atoms with Crippen LogP contribution in [0.2, 0.25) is 0 Å². The van der Waals surface area contributed by atoms with E-state index < -0.39 is 24.6 Å². The minimum absolute atomic E-state index is 0.294. The number of aromatic nitrogens is 2. The minimum atomic E-state index is -5.14. The Morgan fingerprint density at radius 3 is 2.67 bits per heavy atom. The standard InChI is InChI=1S/C11H9BF3N2O/c1-8(12(13,14)15)6-17-7-16-10-5-3-2-4-9(10)11(17)18/h2-5,7H,1,6H2/q-1. The summed E-state index contributed by atoms with van der Waals surface area (Å²) in [6.07, 6.45) is 1.11. The highest BCUT2D eigenvalue weighted by atomic mass is 19.4. The van der Waals surface area contributed by atoms with Gasteiger partial charge in [-0.25, -0.2) is 4.98 Å². The Morgan fingerprint density at radius 2 is 2.00 bits per heavy atom. The van der Waals surface area contributed by atoms with E-state index in [0.717, 1.165) is 10.9 Å². The monoisotopic (exact) mass is 253 g/mol. The van der Waals surface area contributed by atoms with Crippen molar-refractivity contribution >= 4 is 17.9 Å². The van der Waals surface area contributed by atoms with Gasteiger partial charge in [0.25, 0.3) is 5.56 Å². The molecule has 0 aliphatic heterocycles. The van der Waals surface area contributed by atoms with E-state index >= 15 is 0 Å². The third-order valence-corrected chi connectivity index (χ3v) is 2.57. The Balaban J connectivity index is 2.45.